The van der Waals surface area contributed by atoms with E-state index < -0.39 is 0 Å². The van der Waals surface area contributed by atoms with Gasteiger partial charge >= 0.3 is 0 Å². The molecule has 1 aromatic heterocycles. The van der Waals surface area contributed by atoms with Crippen LogP contribution in [0.5, 0.6) is 0 Å². The minimum absolute atomic E-state index is 0.0579. The fraction of sp³-hybridized carbons (Fsp3) is 0.222. The van der Waals surface area contributed by atoms with Crippen molar-refractivity contribution in [3.05, 3.63) is 70.3 Å². The molecule has 1 atom stereocenters. The molecule has 0 fully saturated rings. The molecule has 1 heterocycles. The van der Waals surface area contributed by atoms with Crippen LogP contribution in [0.1, 0.15) is 11.6 Å². The standard InChI is InChI=1S/C18H19FN4O/c1-23(2)16(12-6-5-7-13(19)10-12)11-20-18-21-15-9-4-3-8-14(15)17(24)22-18/h3-10,16H,11H2,1-2H3,(H2,20,21,22,24). The number of nitrogens with one attached hydrogen (secondary N) is 2. The van der Waals surface area contributed by atoms with Gasteiger partial charge in [-0.3, -0.25) is 9.78 Å². The van der Waals surface area contributed by atoms with Gasteiger partial charge in [0.1, 0.15) is 5.82 Å². The summed E-state index contributed by atoms with van der Waals surface area (Å²) >= 11 is 0. The second kappa shape index (κ2) is 6.80. The predicted octanol–water partition coefficient (Wildman–Crippen LogP) is 2.78. The maximum Gasteiger partial charge on any atom is 0.260 e. The molecule has 0 amide bonds. The van der Waals surface area contributed by atoms with Crippen molar-refractivity contribution in [1.29, 1.82) is 0 Å². The molecule has 0 aliphatic rings. The topological polar surface area (TPSA) is 61.0 Å². The lowest BCUT2D eigenvalue weighted by atomic mass is 10.1. The van der Waals surface area contributed by atoms with Gasteiger partial charge in [-0.1, -0.05) is 24.3 Å². The molecule has 2 aromatic carbocycles. The zero-order chi connectivity index (χ0) is 17.1. The van der Waals surface area contributed by atoms with Gasteiger partial charge in [0.15, 0.2) is 0 Å². The van der Waals surface area contributed by atoms with Crippen LogP contribution >= 0.6 is 0 Å². The molecule has 0 radical (unpaired) electrons. The molecule has 6 heteroatoms. The summed E-state index contributed by atoms with van der Waals surface area (Å²) in [6, 6.07) is 13.6. The lowest BCUT2D eigenvalue weighted by molar-refractivity contribution is 0.310. The van der Waals surface area contributed by atoms with Crippen LogP contribution in [0.4, 0.5) is 10.3 Å². The number of anilines is 1. The first kappa shape index (κ1) is 16.1. The van der Waals surface area contributed by atoms with Crippen LogP contribution in [-0.2, 0) is 0 Å². The van der Waals surface area contributed by atoms with Gasteiger partial charge in [0.05, 0.1) is 16.9 Å². The number of halogens is 1. The summed E-state index contributed by atoms with van der Waals surface area (Å²) in [5, 5.41) is 3.70. The molecule has 0 bridgehead atoms. The Balaban J connectivity index is 1.84. The van der Waals surface area contributed by atoms with Crippen LogP contribution in [0.25, 0.3) is 10.9 Å². The highest BCUT2D eigenvalue weighted by Crippen LogP contribution is 2.19. The quantitative estimate of drug-likeness (QED) is 0.757. The maximum atomic E-state index is 13.5. The second-order valence-corrected chi connectivity index (χ2v) is 5.85. The second-order valence-electron chi connectivity index (χ2n) is 5.85. The van der Waals surface area contributed by atoms with E-state index in [1.165, 1.54) is 12.1 Å². The number of fused-ring (bicyclic) bond motifs is 1. The third kappa shape index (κ3) is 3.44. The Morgan fingerprint density at radius 2 is 2.00 bits per heavy atom. The van der Waals surface area contributed by atoms with Crippen molar-refractivity contribution in [3.8, 4) is 0 Å². The summed E-state index contributed by atoms with van der Waals surface area (Å²) in [5.74, 6) is 0.138. The largest absolute Gasteiger partial charge is 0.354 e. The van der Waals surface area contributed by atoms with Crippen LogP contribution in [0, 0.1) is 5.82 Å². The van der Waals surface area contributed by atoms with Gasteiger partial charge in [-0.05, 0) is 43.9 Å². The fourth-order valence-corrected chi connectivity index (χ4v) is 2.68. The first-order chi connectivity index (χ1) is 11.5. The number of benzene rings is 2. The summed E-state index contributed by atoms with van der Waals surface area (Å²) in [7, 11) is 3.85. The van der Waals surface area contributed by atoms with E-state index in [2.05, 4.69) is 15.3 Å². The summed E-state index contributed by atoms with van der Waals surface area (Å²) < 4.78 is 13.5. The fourth-order valence-electron chi connectivity index (χ4n) is 2.68. The Bertz CT molecular complexity index is 907. The normalized spacial score (nSPS) is 12.5. The number of likely N-dealkylation sites (N-methyl/N-ethyl adjacent to an activating group) is 1. The Hall–Kier alpha value is -2.73. The number of hydrogen-bond acceptors (Lipinski definition) is 4. The molecule has 5 nitrogen and oxygen atoms in total. The Morgan fingerprint density at radius 1 is 1.21 bits per heavy atom. The monoisotopic (exact) mass is 326 g/mol. The number of aromatic nitrogens is 2. The molecular weight excluding hydrogens is 307 g/mol. The molecule has 0 aliphatic carbocycles. The molecule has 3 aromatic rings. The van der Waals surface area contributed by atoms with Crippen molar-refractivity contribution in [3.63, 3.8) is 0 Å². The molecule has 2 N–H and O–H groups in total. The number of nitrogens with zero attached hydrogens (tertiary/aromatic N) is 2. The van der Waals surface area contributed by atoms with E-state index in [4.69, 9.17) is 0 Å². The van der Waals surface area contributed by atoms with Crippen molar-refractivity contribution in [2.24, 2.45) is 0 Å². The smallest absolute Gasteiger partial charge is 0.260 e. The van der Waals surface area contributed by atoms with E-state index in [9.17, 15) is 9.18 Å². The van der Waals surface area contributed by atoms with Crippen molar-refractivity contribution in [1.82, 2.24) is 14.9 Å². The van der Waals surface area contributed by atoms with Gasteiger partial charge in [-0.15, -0.1) is 0 Å². The van der Waals surface area contributed by atoms with Gasteiger partial charge in [-0.25, -0.2) is 9.37 Å². The van der Waals surface area contributed by atoms with Gasteiger partial charge in [0, 0.05) is 6.54 Å². The maximum absolute atomic E-state index is 13.5. The highest BCUT2D eigenvalue weighted by molar-refractivity contribution is 5.78. The van der Waals surface area contributed by atoms with E-state index in [1.54, 1.807) is 24.3 Å². The number of aromatic amines is 1. The first-order valence-corrected chi connectivity index (χ1v) is 7.69. The third-order valence-corrected chi connectivity index (χ3v) is 3.93. The Morgan fingerprint density at radius 3 is 2.75 bits per heavy atom. The van der Waals surface area contributed by atoms with Crippen molar-refractivity contribution in [2.75, 3.05) is 26.0 Å². The average Bonchev–Trinajstić information content (AvgIpc) is 2.55. The summed E-state index contributed by atoms with van der Waals surface area (Å²) in [6.45, 7) is 0.484. The Labute approximate surface area is 139 Å². The molecule has 3 rings (SSSR count). The Kier molecular flexibility index (Phi) is 4.57. The molecular formula is C18H19FN4O. The van der Waals surface area contributed by atoms with Crippen LogP contribution in [0.2, 0.25) is 0 Å². The highest BCUT2D eigenvalue weighted by Gasteiger charge is 2.15. The predicted molar refractivity (Wildman–Crippen MR) is 93.7 cm³/mol. The molecule has 1 unspecified atom stereocenters. The van der Waals surface area contributed by atoms with Crippen LogP contribution in [-0.4, -0.2) is 35.5 Å². The van der Waals surface area contributed by atoms with E-state index in [0.29, 0.717) is 23.4 Å². The molecule has 0 saturated heterocycles. The molecule has 124 valence electrons. The van der Waals surface area contributed by atoms with Crippen molar-refractivity contribution < 1.29 is 4.39 Å². The van der Waals surface area contributed by atoms with Gasteiger partial charge in [0.2, 0.25) is 5.95 Å². The van der Waals surface area contributed by atoms with Crippen LogP contribution < -0.4 is 10.9 Å². The minimum atomic E-state index is -0.267. The molecule has 0 spiro atoms. The zero-order valence-corrected chi connectivity index (χ0v) is 13.6. The average molecular weight is 326 g/mol. The van der Waals surface area contributed by atoms with E-state index in [-0.39, 0.29) is 17.4 Å². The van der Waals surface area contributed by atoms with E-state index >= 15 is 0 Å². The SMILES string of the molecule is CN(C)C(CNc1nc2ccccc2c(=O)[nH]1)c1cccc(F)c1. The van der Waals surface area contributed by atoms with Crippen LogP contribution in [0.3, 0.4) is 0 Å². The lowest BCUT2D eigenvalue weighted by Gasteiger charge is -2.25. The van der Waals surface area contributed by atoms with Gasteiger partial charge < -0.3 is 10.2 Å². The number of rotatable bonds is 5. The molecule has 0 saturated carbocycles. The lowest BCUT2D eigenvalue weighted by Crippen LogP contribution is -2.28. The number of hydrogen-bond donors (Lipinski definition) is 2. The summed E-state index contributed by atoms with van der Waals surface area (Å²) in [6.07, 6.45) is 0. The first-order valence-electron chi connectivity index (χ1n) is 7.69. The van der Waals surface area contributed by atoms with Crippen LogP contribution in [0.15, 0.2) is 53.3 Å². The minimum Gasteiger partial charge on any atom is -0.354 e. The summed E-state index contributed by atoms with van der Waals surface area (Å²) in [5.41, 5.74) is 1.31. The highest BCUT2D eigenvalue weighted by atomic mass is 19.1. The van der Waals surface area contributed by atoms with Gasteiger partial charge in [0.25, 0.3) is 5.56 Å². The van der Waals surface area contributed by atoms with E-state index in [0.717, 1.165) is 5.56 Å². The number of H-pyrrole nitrogens is 1. The van der Waals surface area contributed by atoms with Crippen molar-refractivity contribution in [2.45, 2.75) is 6.04 Å². The molecule has 24 heavy (non-hydrogen) atoms. The van der Waals surface area contributed by atoms with E-state index in [1.807, 2.05) is 31.1 Å². The number of para-hydroxylation sites is 1. The van der Waals surface area contributed by atoms with Gasteiger partial charge in [-0.2, -0.15) is 0 Å². The molecule has 0 aliphatic heterocycles. The van der Waals surface area contributed by atoms with Crippen molar-refractivity contribution >= 4 is 16.9 Å². The third-order valence-electron chi connectivity index (χ3n) is 3.93. The summed E-state index contributed by atoms with van der Waals surface area (Å²) in [4.78, 5) is 21.2. The zero-order valence-electron chi connectivity index (χ0n) is 13.6.